The smallest absolute Gasteiger partial charge is 0.326 e. The predicted octanol–water partition coefficient (Wildman–Crippen LogP) is -0.0187. The van der Waals surface area contributed by atoms with Gasteiger partial charge < -0.3 is 15.5 Å². The normalized spacial score (nSPS) is 11.9. The highest BCUT2D eigenvalue weighted by atomic mass is 16.4. The molecule has 1 amide bonds. The van der Waals surface area contributed by atoms with Crippen LogP contribution in [0.4, 0.5) is 0 Å². The molecule has 1 atom stereocenters. The highest BCUT2D eigenvalue weighted by Crippen LogP contribution is 2.13. The molecule has 9 heteroatoms. The number of nitrogens with zero attached hydrogens (tertiary/aromatic N) is 2. The van der Waals surface area contributed by atoms with Gasteiger partial charge in [0.15, 0.2) is 5.69 Å². The standard InChI is InChI=1S/C15H15N3O6/c1-18-14(22)9-5-3-2-4-8(9)12(17-18)13(21)16-10(15(23)24)6-7-11(19)20/h2-5,10H,6-7H2,1H3,(H,16,21)(H,19,20)(H,23,24)/t10-/m0/s1. The van der Waals surface area contributed by atoms with Gasteiger partial charge in [0.05, 0.1) is 5.39 Å². The van der Waals surface area contributed by atoms with Crippen LogP contribution in [0.25, 0.3) is 10.8 Å². The van der Waals surface area contributed by atoms with E-state index in [0.717, 1.165) is 4.68 Å². The van der Waals surface area contributed by atoms with E-state index in [4.69, 9.17) is 10.2 Å². The van der Waals surface area contributed by atoms with Crippen LogP contribution in [0.1, 0.15) is 23.3 Å². The second-order valence-electron chi connectivity index (χ2n) is 5.12. The molecule has 1 heterocycles. The summed E-state index contributed by atoms with van der Waals surface area (Å²) >= 11 is 0. The Hall–Kier alpha value is -3.23. The van der Waals surface area contributed by atoms with Gasteiger partial charge in [0.2, 0.25) is 0 Å². The van der Waals surface area contributed by atoms with Crippen molar-refractivity contribution in [3.63, 3.8) is 0 Å². The number of amides is 1. The molecule has 3 N–H and O–H groups in total. The van der Waals surface area contributed by atoms with Crippen molar-refractivity contribution in [2.45, 2.75) is 18.9 Å². The number of nitrogens with one attached hydrogen (secondary N) is 1. The lowest BCUT2D eigenvalue weighted by atomic mass is 10.1. The highest BCUT2D eigenvalue weighted by Gasteiger charge is 2.24. The summed E-state index contributed by atoms with van der Waals surface area (Å²) in [7, 11) is 1.38. The first-order valence-corrected chi connectivity index (χ1v) is 7.02. The van der Waals surface area contributed by atoms with Crippen LogP contribution in [0.5, 0.6) is 0 Å². The molecule has 9 nitrogen and oxygen atoms in total. The molecule has 2 rings (SSSR count). The lowest BCUT2D eigenvalue weighted by Gasteiger charge is -2.14. The molecule has 0 aliphatic carbocycles. The number of aryl methyl sites for hydroxylation is 1. The van der Waals surface area contributed by atoms with Crippen molar-refractivity contribution in [2.24, 2.45) is 7.05 Å². The number of carboxylic acid groups (broad SMARTS) is 2. The van der Waals surface area contributed by atoms with E-state index in [9.17, 15) is 19.2 Å². The van der Waals surface area contributed by atoms with Gasteiger partial charge in [-0.15, -0.1) is 0 Å². The highest BCUT2D eigenvalue weighted by molar-refractivity contribution is 6.05. The summed E-state index contributed by atoms with van der Waals surface area (Å²) in [6.07, 6.45) is -0.668. The molecule has 0 unspecified atom stereocenters. The molecule has 2 aromatic rings. The largest absolute Gasteiger partial charge is 0.481 e. The van der Waals surface area contributed by atoms with Crippen LogP contribution in [0, 0.1) is 0 Å². The average Bonchev–Trinajstić information content (AvgIpc) is 2.54. The van der Waals surface area contributed by atoms with Crippen LogP contribution in [-0.4, -0.2) is 43.9 Å². The molecule has 0 fully saturated rings. The van der Waals surface area contributed by atoms with Gasteiger partial charge in [-0.25, -0.2) is 9.48 Å². The fraction of sp³-hybridized carbons (Fsp3) is 0.267. The Kier molecular flexibility index (Phi) is 4.93. The molecule has 0 aliphatic rings. The number of aliphatic carboxylic acids is 2. The number of hydrogen-bond acceptors (Lipinski definition) is 5. The van der Waals surface area contributed by atoms with Gasteiger partial charge in [-0.1, -0.05) is 18.2 Å². The molecular formula is C15H15N3O6. The van der Waals surface area contributed by atoms with Crippen LogP contribution < -0.4 is 10.9 Å². The van der Waals surface area contributed by atoms with E-state index in [-0.39, 0.29) is 23.1 Å². The Morgan fingerprint density at radius 3 is 2.42 bits per heavy atom. The fourth-order valence-corrected chi connectivity index (χ4v) is 2.22. The number of rotatable bonds is 6. The summed E-state index contributed by atoms with van der Waals surface area (Å²) in [6, 6.07) is 4.96. The Bertz CT molecular complexity index is 873. The summed E-state index contributed by atoms with van der Waals surface area (Å²) in [5.74, 6) is -3.31. The Balaban J connectivity index is 2.37. The molecule has 0 radical (unpaired) electrons. The van der Waals surface area contributed by atoms with Gasteiger partial charge >= 0.3 is 11.9 Å². The van der Waals surface area contributed by atoms with Crippen molar-refractivity contribution in [3.05, 3.63) is 40.3 Å². The molecule has 24 heavy (non-hydrogen) atoms. The minimum atomic E-state index is -1.37. The molecule has 0 aliphatic heterocycles. The van der Waals surface area contributed by atoms with Gasteiger partial charge in [-0.3, -0.25) is 14.4 Å². The zero-order chi connectivity index (χ0) is 17.9. The summed E-state index contributed by atoms with van der Waals surface area (Å²) in [5.41, 5.74) is -0.489. The Labute approximate surface area is 135 Å². The molecule has 1 aromatic heterocycles. The zero-order valence-corrected chi connectivity index (χ0v) is 12.7. The van der Waals surface area contributed by atoms with Gasteiger partial charge in [-0.2, -0.15) is 5.10 Å². The number of carboxylic acids is 2. The van der Waals surface area contributed by atoms with Crippen molar-refractivity contribution in [3.8, 4) is 0 Å². The van der Waals surface area contributed by atoms with Gasteiger partial charge in [0.1, 0.15) is 6.04 Å². The van der Waals surface area contributed by atoms with Gasteiger partial charge in [-0.05, 0) is 12.5 Å². The third-order valence-electron chi connectivity index (χ3n) is 3.42. The van der Waals surface area contributed by atoms with Crippen molar-refractivity contribution in [1.29, 1.82) is 0 Å². The van der Waals surface area contributed by atoms with Crippen LogP contribution in [-0.2, 0) is 16.6 Å². The SMILES string of the molecule is Cn1nc(C(=O)N[C@@H](CCC(=O)O)C(=O)O)c2ccccc2c1=O. The molecule has 0 saturated carbocycles. The first-order chi connectivity index (χ1) is 11.3. The average molecular weight is 333 g/mol. The minimum absolute atomic E-state index is 0.103. The number of carbonyl (C=O) groups is 3. The van der Waals surface area contributed by atoms with Gasteiger partial charge in [0.25, 0.3) is 11.5 Å². The summed E-state index contributed by atoms with van der Waals surface area (Å²) < 4.78 is 0.990. The molecule has 1 aromatic carbocycles. The van der Waals surface area contributed by atoms with Crippen molar-refractivity contribution >= 4 is 28.6 Å². The molecule has 0 bridgehead atoms. The van der Waals surface area contributed by atoms with Crippen LogP contribution in [0.15, 0.2) is 29.1 Å². The Morgan fingerprint density at radius 1 is 1.21 bits per heavy atom. The summed E-state index contributed by atoms with van der Waals surface area (Å²) in [6.45, 7) is 0. The first-order valence-electron chi connectivity index (χ1n) is 7.02. The second-order valence-corrected chi connectivity index (χ2v) is 5.12. The number of fused-ring (bicyclic) bond motifs is 1. The quantitative estimate of drug-likeness (QED) is 0.675. The third-order valence-corrected chi connectivity index (χ3v) is 3.42. The first kappa shape index (κ1) is 17.1. The maximum absolute atomic E-state index is 12.4. The van der Waals surface area contributed by atoms with E-state index in [0.29, 0.717) is 5.39 Å². The van der Waals surface area contributed by atoms with Crippen molar-refractivity contribution < 1.29 is 24.6 Å². The monoisotopic (exact) mass is 333 g/mol. The van der Waals surface area contributed by atoms with E-state index in [1.807, 2.05) is 0 Å². The van der Waals surface area contributed by atoms with E-state index < -0.39 is 30.3 Å². The number of carbonyl (C=O) groups excluding carboxylic acids is 1. The van der Waals surface area contributed by atoms with E-state index in [2.05, 4.69) is 10.4 Å². The maximum Gasteiger partial charge on any atom is 0.326 e. The number of hydrogen-bond donors (Lipinski definition) is 3. The zero-order valence-electron chi connectivity index (χ0n) is 12.7. The van der Waals surface area contributed by atoms with Crippen molar-refractivity contribution in [2.75, 3.05) is 0 Å². The predicted molar refractivity (Wildman–Crippen MR) is 82.7 cm³/mol. The summed E-state index contributed by atoms with van der Waals surface area (Å²) in [4.78, 5) is 46.2. The minimum Gasteiger partial charge on any atom is -0.481 e. The number of benzene rings is 1. The lowest BCUT2D eigenvalue weighted by molar-refractivity contribution is -0.140. The second kappa shape index (κ2) is 6.90. The maximum atomic E-state index is 12.4. The number of aromatic nitrogens is 2. The molecular weight excluding hydrogens is 318 g/mol. The summed E-state index contributed by atoms with van der Waals surface area (Å²) in [5, 5.41) is 24.5. The Morgan fingerprint density at radius 2 is 1.83 bits per heavy atom. The van der Waals surface area contributed by atoms with E-state index in [1.54, 1.807) is 12.1 Å². The van der Waals surface area contributed by atoms with Crippen LogP contribution in [0.2, 0.25) is 0 Å². The van der Waals surface area contributed by atoms with Crippen molar-refractivity contribution in [1.82, 2.24) is 15.1 Å². The molecule has 126 valence electrons. The topological polar surface area (TPSA) is 139 Å². The third kappa shape index (κ3) is 3.57. The molecule has 0 saturated heterocycles. The fourth-order valence-electron chi connectivity index (χ4n) is 2.22. The van der Waals surface area contributed by atoms with E-state index in [1.165, 1.54) is 19.2 Å². The molecule has 0 spiro atoms. The van der Waals surface area contributed by atoms with E-state index >= 15 is 0 Å². The van der Waals surface area contributed by atoms with Gasteiger partial charge in [0, 0.05) is 18.9 Å². The van der Waals surface area contributed by atoms with Crippen LogP contribution >= 0.6 is 0 Å². The lowest BCUT2D eigenvalue weighted by Crippen LogP contribution is -2.42. The van der Waals surface area contributed by atoms with Crippen LogP contribution in [0.3, 0.4) is 0 Å².